The second-order valence-electron chi connectivity index (χ2n) is 3.53. The van der Waals surface area contributed by atoms with E-state index in [1.807, 2.05) is 6.07 Å². The van der Waals surface area contributed by atoms with Gasteiger partial charge in [0, 0.05) is 19.7 Å². The maximum absolute atomic E-state index is 9.32. The molecule has 0 saturated heterocycles. The minimum Gasteiger partial charge on any atom is -0.497 e. The number of methoxy groups -OCH3 is 1. The van der Waals surface area contributed by atoms with Crippen molar-refractivity contribution in [2.75, 3.05) is 32.2 Å². The third-order valence-electron chi connectivity index (χ3n) is 2.26. The number of ether oxygens (including phenoxy) is 1. The molecule has 1 aromatic carbocycles. The Kier molecular flexibility index (Phi) is 4.86. The fourth-order valence-electron chi connectivity index (χ4n) is 1.40. The van der Waals surface area contributed by atoms with E-state index in [0.717, 1.165) is 5.69 Å². The predicted molar refractivity (Wildman–Crippen MR) is 64.4 cm³/mol. The normalized spacial score (nSPS) is 12.3. The largest absolute Gasteiger partial charge is 0.497 e. The van der Waals surface area contributed by atoms with Crippen LogP contribution in [0.25, 0.3) is 0 Å². The molecule has 2 N–H and O–H groups in total. The van der Waals surface area contributed by atoms with Gasteiger partial charge in [-0.1, -0.05) is 11.6 Å². The summed E-state index contributed by atoms with van der Waals surface area (Å²) in [5.41, 5.74) is 0.787. The van der Waals surface area contributed by atoms with Gasteiger partial charge < -0.3 is 19.8 Å². The first-order valence-electron chi connectivity index (χ1n) is 4.92. The van der Waals surface area contributed by atoms with Crippen molar-refractivity contribution in [2.45, 2.75) is 6.10 Å². The van der Waals surface area contributed by atoms with E-state index in [9.17, 15) is 5.11 Å². The van der Waals surface area contributed by atoms with Crippen molar-refractivity contribution in [3.63, 3.8) is 0 Å². The van der Waals surface area contributed by atoms with E-state index in [-0.39, 0.29) is 6.61 Å². The van der Waals surface area contributed by atoms with Crippen molar-refractivity contribution in [3.05, 3.63) is 23.2 Å². The van der Waals surface area contributed by atoms with Crippen LogP contribution in [0.3, 0.4) is 0 Å². The molecule has 0 saturated carbocycles. The van der Waals surface area contributed by atoms with Gasteiger partial charge in [-0.05, 0) is 12.1 Å². The van der Waals surface area contributed by atoms with Gasteiger partial charge in [0.1, 0.15) is 5.75 Å². The molecule has 0 amide bonds. The Morgan fingerprint density at radius 2 is 2.19 bits per heavy atom. The fraction of sp³-hybridized carbons (Fsp3) is 0.455. The maximum atomic E-state index is 9.32. The summed E-state index contributed by atoms with van der Waals surface area (Å²) >= 11 is 6.06. The molecule has 1 aromatic rings. The molecule has 90 valence electrons. The van der Waals surface area contributed by atoms with Gasteiger partial charge in [-0.3, -0.25) is 0 Å². The molecule has 16 heavy (non-hydrogen) atoms. The smallest absolute Gasteiger partial charge is 0.120 e. The Bertz CT molecular complexity index is 346. The van der Waals surface area contributed by atoms with Crippen LogP contribution in [0.15, 0.2) is 18.2 Å². The SMILES string of the molecule is COc1ccc(N(C)CC(O)CO)c(Cl)c1. The Morgan fingerprint density at radius 1 is 1.50 bits per heavy atom. The lowest BCUT2D eigenvalue weighted by Crippen LogP contribution is -2.31. The fourth-order valence-corrected chi connectivity index (χ4v) is 1.71. The molecule has 0 heterocycles. The van der Waals surface area contributed by atoms with Crippen LogP contribution in [0.4, 0.5) is 5.69 Å². The maximum Gasteiger partial charge on any atom is 0.120 e. The highest BCUT2D eigenvalue weighted by molar-refractivity contribution is 6.33. The zero-order valence-electron chi connectivity index (χ0n) is 9.35. The highest BCUT2D eigenvalue weighted by Crippen LogP contribution is 2.29. The third-order valence-corrected chi connectivity index (χ3v) is 2.56. The summed E-state index contributed by atoms with van der Waals surface area (Å²) in [7, 11) is 3.37. The number of benzene rings is 1. The summed E-state index contributed by atoms with van der Waals surface area (Å²) in [6.07, 6.45) is -0.775. The van der Waals surface area contributed by atoms with Crippen LogP contribution >= 0.6 is 11.6 Å². The molecule has 0 bridgehead atoms. The van der Waals surface area contributed by atoms with Crippen LogP contribution in [0.2, 0.25) is 5.02 Å². The highest BCUT2D eigenvalue weighted by atomic mass is 35.5. The molecule has 0 aliphatic carbocycles. The van der Waals surface area contributed by atoms with E-state index in [1.165, 1.54) is 0 Å². The van der Waals surface area contributed by atoms with Crippen LogP contribution in [0, 0.1) is 0 Å². The predicted octanol–water partition coefficient (Wildman–Crippen LogP) is 1.14. The van der Waals surface area contributed by atoms with Crippen molar-refractivity contribution in [3.8, 4) is 5.75 Å². The quantitative estimate of drug-likeness (QED) is 0.817. The molecule has 0 aliphatic rings. The van der Waals surface area contributed by atoms with E-state index in [0.29, 0.717) is 17.3 Å². The van der Waals surface area contributed by atoms with Gasteiger partial charge in [-0.2, -0.15) is 0 Å². The van der Waals surface area contributed by atoms with E-state index < -0.39 is 6.10 Å². The lowest BCUT2D eigenvalue weighted by molar-refractivity contribution is 0.101. The lowest BCUT2D eigenvalue weighted by atomic mass is 10.2. The van der Waals surface area contributed by atoms with Gasteiger partial charge in [-0.15, -0.1) is 0 Å². The van der Waals surface area contributed by atoms with E-state index >= 15 is 0 Å². The molecule has 0 aromatic heterocycles. The minimum absolute atomic E-state index is 0.266. The van der Waals surface area contributed by atoms with Crippen LogP contribution in [-0.2, 0) is 0 Å². The van der Waals surface area contributed by atoms with Crippen molar-refractivity contribution in [1.29, 1.82) is 0 Å². The molecule has 0 radical (unpaired) electrons. The zero-order chi connectivity index (χ0) is 12.1. The molecule has 1 unspecified atom stereocenters. The van der Waals surface area contributed by atoms with E-state index in [1.54, 1.807) is 31.2 Å². The number of likely N-dealkylation sites (N-methyl/N-ethyl adjacent to an activating group) is 1. The zero-order valence-corrected chi connectivity index (χ0v) is 10.1. The van der Waals surface area contributed by atoms with Gasteiger partial charge in [-0.25, -0.2) is 0 Å². The number of aliphatic hydroxyl groups excluding tert-OH is 2. The average molecular weight is 246 g/mol. The van der Waals surface area contributed by atoms with E-state index in [4.69, 9.17) is 21.4 Å². The van der Waals surface area contributed by atoms with Crippen molar-refractivity contribution >= 4 is 17.3 Å². The van der Waals surface area contributed by atoms with Crippen molar-refractivity contribution in [1.82, 2.24) is 0 Å². The average Bonchev–Trinajstić information content (AvgIpc) is 2.28. The van der Waals surface area contributed by atoms with Crippen LogP contribution in [0.5, 0.6) is 5.75 Å². The Labute approximate surface area is 100 Å². The second kappa shape index (κ2) is 5.94. The summed E-state index contributed by atoms with van der Waals surface area (Å²) in [5.74, 6) is 0.685. The number of aliphatic hydroxyl groups is 2. The van der Waals surface area contributed by atoms with Crippen molar-refractivity contribution in [2.24, 2.45) is 0 Å². The molecule has 4 nitrogen and oxygen atoms in total. The van der Waals surface area contributed by atoms with E-state index in [2.05, 4.69) is 0 Å². The minimum atomic E-state index is -0.775. The van der Waals surface area contributed by atoms with Gasteiger partial charge in [0.2, 0.25) is 0 Å². The van der Waals surface area contributed by atoms with Gasteiger partial charge in [0.25, 0.3) is 0 Å². The van der Waals surface area contributed by atoms with Crippen LogP contribution in [-0.4, -0.2) is 43.6 Å². The van der Waals surface area contributed by atoms with Crippen molar-refractivity contribution < 1.29 is 14.9 Å². The van der Waals surface area contributed by atoms with Crippen LogP contribution in [0.1, 0.15) is 0 Å². The summed E-state index contributed by atoms with van der Waals surface area (Å²) in [6.45, 7) is 0.0562. The summed E-state index contributed by atoms with van der Waals surface area (Å²) < 4.78 is 5.04. The number of hydrogen-bond donors (Lipinski definition) is 2. The lowest BCUT2D eigenvalue weighted by Gasteiger charge is -2.23. The standard InChI is InChI=1S/C11H16ClNO3/c1-13(6-8(15)7-14)11-4-3-9(16-2)5-10(11)12/h3-5,8,14-15H,6-7H2,1-2H3. The molecule has 0 fully saturated rings. The number of rotatable bonds is 5. The molecule has 1 rings (SSSR count). The molecular formula is C11H16ClNO3. The first-order valence-corrected chi connectivity index (χ1v) is 5.30. The summed E-state index contributed by atoms with van der Waals surface area (Å²) in [6, 6.07) is 5.31. The summed E-state index contributed by atoms with van der Waals surface area (Å²) in [4.78, 5) is 1.78. The number of halogens is 1. The molecule has 0 aliphatic heterocycles. The first-order chi connectivity index (χ1) is 7.58. The Balaban J connectivity index is 2.79. The summed E-state index contributed by atoms with van der Waals surface area (Å²) in [5, 5.41) is 18.6. The molecular weight excluding hydrogens is 230 g/mol. The Hall–Kier alpha value is -0.970. The molecule has 0 spiro atoms. The topological polar surface area (TPSA) is 52.9 Å². The van der Waals surface area contributed by atoms with Gasteiger partial charge >= 0.3 is 0 Å². The molecule has 1 atom stereocenters. The Morgan fingerprint density at radius 3 is 2.69 bits per heavy atom. The second-order valence-corrected chi connectivity index (χ2v) is 3.94. The van der Waals surface area contributed by atoms with Gasteiger partial charge in [0.15, 0.2) is 0 Å². The van der Waals surface area contributed by atoms with Gasteiger partial charge in [0.05, 0.1) is 30.5 Å². The number of nitrogens with zero attached hydrogens (tertiary/aromatic N) is 1. The highest BCUT2D eigenvalue weighted by Gasteiger charge is 2.11. The number of hydrogen-bond acceptors (Lipinski definition) is 4. The van der Waals surface area contributed by atoms with Crippen LogP contribution < -0.4 is 9.64 Å². The first kappa shape index (κ1) is 13.1. The number of anilines is 1. The monoisotopic (exact) mass is 245 g/mol. The third kappa shape index (κ3) is 3.27. The molecule has 5 heteroatoms.